The molecule has 1 aromatic rings. The summed E-state index contributed by atoms with van der Waals surface area (Å²) >= 11 is 11.3. The topological polar surface area (TPSA) is 41.3 Å². The first-order valence-corrected chi connectivity index (χ1v) is 7.97. The van der Waals surface area contributed by atoms with Crippen molar-refractivity contribution < 1.29 is 0 Å². The summed E-state index contributed by atoms with van der Waals surface area (Å²) in [7, 11) is 0. The van der Waals surface area contributed by atoms with E-state index in [2.05, 4.69) is 17.1 Å². The van der Waals surface area contributed by atoms with Crippen LogP contribution in [0.3, 0.4) is 0 Å². The second kappa shape index (κ2) is 7.25. The van der Waals surface area contributed by atoms with Crippen molar-refractivity contribution in [3.05, 3.63) is 28.8 Å². The van der Waals surface area contributed by atoms with Crippen molar-refractivity contribution in [2.24, 2.45) is 5.73 Å². The van der Waals surface area contributed by atoms with Gasteiger partial charge >= 0.3 is 0 Å². The maximum Gasteiger partial charge on any atom is 0.107 e. The van der Waals surface area contributed by atoms with Crippen molar-refractivity contribution in [2.45, 2.75) is 32.2 Å². The van der Waals surface area contributed by atoms with Gasteiger partial charge in [-0.15, -0.1) is 0 Å². The maximum atomic E-state index is 6.19. The summed E-state index contributed by atoms with van der Waals surface area (Å²) in [4.78, 5) is 2.87. The molecule has 5 heteroatoms. The van der Waals surface area contributed by atoms with Crippen LogP contribution in [0.1, 0.15) is 31.7 Å². The molecular weight excluding hydrogens is 290 g/mol. The number of nitrogens with one attached hydrogen (secondary N) is 1. The molecule has 1 aliphatic rings. The first-order valence-electron chi connectivity index (χ1n) is 7.19. The van der Waals surface area contributed by atoms with Gasteiger partial charge < -0.3 is 16.0 Å². The van der Waals surface area contributed by atoms with Gasteiger partial charge in [-0.05, 0) is 37.9 Å². The minimum Gasteiger partial charge on any atom is -0.389 e. The Morgan fingerprint density at radius 3 is 2.75 bits per heavy atom. The first kappa shape index (κ1) is 15.5. The van der Waals surface area contributed by atoms with Gasteiger partial charge in [0.25, 0.3) is 0 Å². The number of nitrogens with zero attached hydrogens (tertiary/aromatic N) is 1. The summed E-state index contributed by atoms with van der Waals surface area (Å²) < 4.78 is 0. The standard InChI is InChI=1S/C15H22ClN3S/c1-2-8-19-9-6-11(7-10-19)18-13-5-3-4-12(16)14(13)15(17)20/h3-5,11,18H,2,6-10H2,1H3,(H2,17,20). The molecule has 1 aromatic carbocycles. The lowest BCUT2D eigenvalue weighted by atomic mass is 10.0. The molecule has 2 rings (SSSR count). The highest BCUT2D eigenvalue weighted by Crippen LogP contribution is 2.26. The van der Waals surface area contributed by atoms with Gasteiger partial charge in [0.1, 0.15) is 4.99 Å². The second-order valence-corrected chi connectivity index (χ2v) is 6.13. The number of benzene rings is 1. The Morgan fingerprint density at radius 2 is 2.15 bits per heavy atom. The fourth-order valence-electron chi connectivity index (χ4n) is 2.73. The number of piperidine rings is 1. The molecule has 20 heavy (non-hydrogen) atoms. The molecule has 1 saturated heterocycles. The van der Waals surface area contributed by atoms with E-state index < -0.39 is 0 Å². The average molecular weight is 312 g/mol. The predicted molar refractivity (Wildman–Crippen MR) is 90.7 cm³/mol. The molecule has 0 aromatic heterocycles. The van der Waals surface area contributed by atoms with E-state index in [1.165, 1.54) is 13.0 Å². The zero-order valence-corrected chi connectivity index (χ0v) is 13.4. The number of rotatable bonds is 5. The van der Waals surface area contributed by atoms with E-state index in [-0.39, 0.29) is 0 Å². The van der Waals surface area contributed by atoms with Crippen LogP contribution in [0.4, 0.5) is 5.69 Å². The fourth-order valence-corrected chi connectivity index (χ4v) is 3.28. The first-order chi connectivity index (χ1) is 9.61. The third-order valence-corrected chi connectivity index (χ3v) is 4.27. The molecule has 1 heterocycles. The number of hydrogen-bond acceptors (Lipinski definition) is 3. The molecule has 0 atom stereocenters. The molecule has 3 nitrogen and oxygen atoms in total. The summed E-state index contributed by atoms with van der Waals surface area (Å²) in [6, 6.07) is 6.22. The Labute approximate surface area is 131 Å². The summed E-state index contributed by atoms with van der Waals surface area (Å²) in [5.74, 6) is 0. The number of thiocarbonyl (C=S) groups is 1. The highest BCUT2D eigenvalue weighted by atomic mass is 35.5. The van der Waals surface area contributed by atoms with Gasteiger partial charge in [0.2, 0.25) is 0 Å². The van der Waals surface area contributed by atoms with Crippen LogP contribution < -0.4 is 11.1 Å². The zero-order valence-electron chi connectivity index (χ0n) is 11.9. The van der Waals surface area contributed by atoms with Crippen LogP contribution in [0.25, 0.3) is 0 Å². The lowest BCUT2D eigenvalue weighted by Crippen LogP contribution is -2.39. The molecule has 0 spiro atoms. The van der Waals surface area contributed by atoms with Crippen LogP contribution in [0.15, 0.2) is 18.2 Å². The Hall–Kier alpha value is -0.840. The van der Waals surface area contributed by atoms with Crippen molar-refractivity contribution in [3.8, 4) is 0 Å². The van der Waals surface area contributed by atoms with Crippen LogP contribution in [0, 0.1) is 0 Å². The molecular formula is C15H22ClN3S. The third kappa shape index (κ3) is 3.84. The number of anilines is 1. The molecule has 3 N–H and O–H groups in total. The van der Waals surface area contributed by atoms with Gasteiger partial charge in [0.15, 0.2) is 0 Å². The Kier molecular flexibility index (Phi) is 5.64. The van der Waals surface area contributed by atoms with Crippen LogP contribution in [-0.4, -0.2) is 35.6 Å². The van der Waals surface area contributed by atoms with Gasteiger partial charge in [0.05, 0.1) is 10.6 Å². The van der Waals surface area contributed by atoms with Gasteiger partial charge in [0, 0.05) is 24.8 Å². The lowest BCUT2D eigenvalue weighted by molar-refractivity contribution is 0.219. The smallest absolute Gasteiger partial charge is 0.107 e. The summed E-state index contributed by atoms with van der Waals surface area (Å²) in [5.41, 5.74) is 7.50. The van der Waals surface area contributed by atoms with E-state index >= 15 is 0 Å². The molecule has 0 bridgehead atoms. The highest BCUT2D eigenvalue weighted by Gasteiger charge is 2.20. The van der Waals surface area contributed by atoms with E-state index in [0.29, 0.717) is 16.1 Å². The van der Waals surface area contributed by atoms with Gasteiger partial charge in [-0.3, -0.25) is 0 Å². The molecule has 0 amide bonds. The second-order valence-electron chi connectivity index (χ2n) is 5.29. The summed E-state index contributed by atoms with van der Waals surface area (Å²) in [5, 5.41) is 4.17. The van der Waals surface area contributed by atoms with Crippen molar-refractivity contribution in [3.63, 3.8) is 0 Å². The van der Waals surface area contributed by atoms with Crippen molar-refractivity contribution >= 4 is 34.5 Å². The minimum atomic E-state index is 0.349. The SMILES string of the molecule is CCCN1CCC(Nc2cccc(Cl)c2C(N)=S)CC1. The van der Waals surface area contributed by atoms with Crippen LogP contribution in [0.5, 0.6) is 0 Å². The van der Waals surface area contributed by atoms with E-state index in [4.69, 9.17) is 29.6 Å². The number of likely N-dealkylation sites (tertiary alicyclic amines) is 1. The van der Waals surface area contributed by atoms with Gasteiger partial charge in [-0.1, -0.05) is 36.8 Å². The predicted octanol–water partition coefficient (Wildman–Crippen LogP) is 3.26. The summed E-state index contributed by atoms with van der Waals surface area (Å²) in [6.45, 7) is 5.72. The highest BCUT2D eigenvalue weighted by molar-refractivity contribution is 7.80. The van der Waals surface area contributed by atoms with E-state index in [9.17, 15) is 0 Å². The minimum absolute atomic E-state index is 0.349. The Balaban J connectivity index is 2.01. The van der Waals surface area contributed by atoms with E-state index in [1.807, 2.05) is 18.2 Å². The van der Waals surface area contributed by atoms with Crippen LogP contribution in [-0.2, 0) is 0 Å². The number of nitrogens with two attached hydrogens (primary N) is 1. The Morgan fingerprint density at radius 1 is 1.45 bits per heavy atom. The third-order valence-electron chi connectivity index (χ3n) is 3.75. The lowest BCUT2D eigenvalue weighted by Gasteiger charge is -2.33. The molecule has 0 aliphatic carbocycles. The molecule has 110 valence electrons. The van der Waals surface area contributed by atoms with Gasteiger partial charge in [-0.2, -0.15) is 0 Å². The number of hydrogen-bond donors (Lipinski definition) is 2. The van der Waals surface area contributed by atoms with Crippen LogP contribution in [0.2, 0.25) is 5.02 Å². The maximum absolute atomic E-state index is 6.19. The normalized spacial score (nSPS) is 17.1. The Bertz CT molecular complexity index is 470. The molecule has 1 fully saturated rings. The molecule has 1 aliphatic heterocycles. The molecule has 0 radical (unpaired) electrons. The van der Waals surface area contributed by atoms with Crippen molar-refractivity contribution in [1.82, 2.24) is 4.90 Å². The molecule has 0 saturated carbocycles. The van der Waals surface area contributed by atoms with Crippen molar-refractivity contribution in [1.29, 1.82) is 0 Å². The van der Waals surface area contributed by atoms with E-state index in [1.54, 1.807) is 0 Å². The fraction of sp³-hybridized carbons (Fsp3) is 0.533. The largest absolute Gasteiger partial charge is 0.389 e. The average Bonchev–Trinajstić information content (AvgIpc) is 2.41. The van der Waals surface area contributed by atoms with Crippen molar-refractivity contribution in [2.75, 3.05) is 25.0 Å². The molecule has 0 unspecified atom stereocenters. The van der Waals surface area contributed by atoms with E-state index in [0.717, 1.165) is 37.2 Å². The quantitative estimate of drug-likeness (QED) is 0.819. The number of halogens is 1. The monoisotopic (exact) mass is 311 g/mol. The van der Waals surface area contributed by atoms with Crippen LogP contribution >= 0.6 is 23.8 Å². The zero-order chi connectivity index (χ0) is 14.5. The van der Waals surface area contributed by atoms with Gasteiger partial charge in [-0.25, -0.2) is 0 Å². The summed E-state index contributed by atoms with van der Waals surface area (Å²) in [6.07, 6.45) is 3.50.